The number of pyridine rings is 1. The molecule has 1 saturated heterocycles. The van der Waals surface area contributed by atoms with E-state index in [9.17, 15) is 0 Å². The molecule has 1 N–H and O–H groups in total. The zero-order chi connectivity index (χ0) is 14.5. The van der Waals surface area contributed by atoms with Gasteiger partial charge in [-0.3, -0.25) is 4.98 Å². The lowest BCUT2D eigenvalue weighted by Gasteiger charge is -2.20. The van der Waals surface area contributed by atoms with Crippen LogP contribution in [0.5, 0.6) is 5.75 Å². The number of nitrogens with one attached hydrogen (secondary N) is 1. The van der Waals surface area contributed by atoms with Gasteiger partial charge in [0.05, 0.1) is 11.6 Å². The van der Waals surface area contributed by atoms with Crippen molar-refractivity contribution in [2.45, 2.75) is 31.9 Å². The van der Waals surface area contributed by atoms with Crippen LogP contribution in [0.3, 0.4) is 0 Å². The molecule has 112 valence electrons. The van der Waals surface area contributed by atoms with Crippen LogP contribution in [0.1, 0.15) is 19.8 Å². The number of hydrogen-bond acceptors (Lipinski definition) is 4. The topological polar surface area (TPSA) is 43.4 Å². The number of rotatable bonds is 6. The maximum atomic E-state index is 5.78. The summed E-state index contributed by atoms with van der Waals surface area (Å²) < 4.78 is 11.5. The fourth-order valence-corrected chi connectivity index (χ4v) is 2.72. The number of nitrogens with zero attached hydrogens (tertiary/aromatic N) is 1. The Morgan fingerprint density at radius 1 is 1.43 bits per heavy atom. The Morgan fingerprint density at radius 3 is 3.24 bits per heavy atom. The normalized spacial score (nSPS) is 19.8. The molecule has 2 aromatic rings. The molecule has 0 saturated carbocycles. The van der Waals surface area contributed by atoms with Gasteiger partial charge in [-0.1, -0.05) is 6.07 Å². The van der Waals surface area contributed by atoms with E-state index in [-0.39, 0.29) is 0 Å². The summed E-state index contributed by atoms with van der Waals surface area (Å²) in [6, 6.07) is 10.4. The number of ether oxygens (including phenoxy) is 2. The summed E-state index contributed by atoms with van der Waals surface area (Å²) in [5.41, 5.74) is 0.968. The first-order valence-corrected chi connectivity index (χ1v) is 7.65. The van der Waals surface area contributed by atoms with E-state index >= 15 is 0 Å². The van der Waals surface area contributed by atoms with Crippen LogP contribution < -0.4 is 10.1 Å². The molecule has 2 unspecified atom stereocenters. The van der Waals surface area contributed by atoms with Gasteiger partial charge >= 0.3 is 0 Å². The SMILES string of the molecule is CC(NCCOc1ccc2cccnc2c1)C1CCCO1. The number of fused-ring (bicyclic) bond motifs is 1. The van der Waals surface area contributed by atoms with E-state index in [1.165, 1.54) is 6.42 Å². The standard InChI is InChI=1S/C17H22N2O2/c1-13(17-5-3-10-21-17)18-9-11-20-15-7-6-14-4-2-8-19-16(14)12-15/h2,4,6-8,12-13,17-18H,3,5,9-11H2,1H3. The predicted molar refractivity (Wildman–Crippen MR) is 83.7 cm³/mol. The van der Waals surface area contributed by atoms with Crippen molar-refractivity contribution in [3.63, 3.8) is 0 Å². The molecule has 3 rings (SSSR count). The molecule has 0 radical (unpaired) electrons. The fourth-order valence-electron chi connectivity index (χ4n) is 2.72. The maximum absolute atomic E-state index is 5.78. The van der Waals surface area contributed by atoms with E-state index < -0.39 is 0 Å². The Labute approximate surface area is 125 Å². The highest BCUT2D eigenvalue weighted by molar-refractivity contribution is 5.79. The van der Waals surface area contributed by atoms with E-state index in [1.54, 1.807) is 6.20 Å². The zero-order valence-corrected chi connectivity index (χ0v) is 12.4. The summed E-state index contributed by atoms with van der Waals surface area (Å²) in [6.45, 7) is 4.55. The van der Waals surface area contributed by atoms with Crippen LogP contribution in [0, 0.1) is 0 Å². The Hall–Kier alpha value is -1.65. The fraction of sp³-hybridized carbons (Fsp3) is 0.471. The summed E-state index contributed by atoms with van der Waals surface area (Å²) in [4.78, 5) is 4.34. The monoisotopic (exact) mass is 286 g/mol. The third-order valence-electron chi connectivity index (χ3n) is 3.94. The molecule has 2 atom stereocenters. The van der Waals surface area contributed by atoms with Crippen molar-refractivity contribution in [1.82, 2.24) is 10.3 Å². The third kappa shape index (κ3) is 3.71. The van der Waals surface area contributed by atoms with Gasteiger partial charge in [0.1, 0.15) is 12.4 Å². The van der Waals surface area contributed by atoms with Crippen molar-refractivity contribution < 1.29 is 9.47 Å². The van der Waals surface area contributed by atoms with Crippen molar-refractivity contribution in [2.24, 2.45) is 0 Å². The van der Waals surface area contributed by atoms with Gasteiger partial charge in [0.2, 0.25) is 0 Å². The van der Waals surface area contributed by atoms with Crippen LogP contribution in [-0.2, 0) is 4.74 Å². The molecular weight excluding hydrogens is 264 g/mol. The molecule has 21 heavy (non-hydrogen) atoms. The minimum atomic E-state index is 0.356. The van der Waals surface area contributed by atoms with Gasteiger partial charge in [-0.2, -0.15) is 0 Å². The Balaban J connectivity index is 1.45. The molecule has 1 aromatic heterocycles. The van der Waals surface area contributed by atoms with Crippen LogP contribution in [0.15, 0.2) is 36.5 Å². The van der Waals surface area contributed by atoms with Crippen LogP contribution in [0.25, 0.3) is 10.9 Å². The van der Waals surface area contributed by atoms with E-state index in [4.69, 9.17) is 9.47 Å². The number of hydrogen-bond donors (Lipinski definition) is 1. The van der Waals surface area contributed by atoms with Gasteiger partial charge in [-0.15, -0.1) is 0 Å². The smallest absolute Gasteiger partial charge is 0.121 e. The highest BCUT2D eigenvalue weighted by Crippen LogP contribution is 2.18. The second-order valence-electron chi connectivity index (χ2n) is 5.50. The van der Waals surface area contributed by atoms with Crippen LogP contribution in [-0.4, -0.2) is 36.9 Å². The van der Waals surface area contributed by atoms with Gasteiger partial charge < -0.3 is 14.8 Å². The number of aromatic nitrogens is 1. The molecule has 1 aliphatic heterocycles. The molecule has 4 nitrogen and oxygen atoms in total. The first-order chi connectivity index (χ1) is 10.3. The summed E-state index contributed by atoms with van der Waals surface area (Å²) >= 11 is 0. The molecule has 1 aromatic carbocycles. The second-order valence-corrected chi connectivity index (χ2v) is 5.50. The third-order valence-corrected chi connectivity index (χ3v) is 3.94. The highest BCUT2D eigenvalue weighted by atomic mass is 16.5. The van der Waals surface area contributed by atoms with E-state index in [0.717, 1.165) is 36.2 Å². The quantitative estimate of drug-likeness (QED) is 0.829. The Morgan fingerprint density at radius 2 is 2.38 bits per heavy atom. The molecule has 1 aliphatic rings. The van der Waals surface area contributed by atoms with E-state index in [0.29, 0.717) is 18.8 Å². The molecule has 0 bridgehead atoms. The van der Waals surface area contributed by atoms with Gasteiger partial charge in [-0.25, -0.2) is 0 Å². The first kappa shape index (κ1) is 14.3. The largest absolute Gasteiger partial charge is 0.492 e. The lowest BCUT2D eigenvalue weighted by Crippen LogP contribution is -2.39. The Kier molecular flexibility index (Phi) is 4.68. The summed E-state index contributed by atoms with van der Waals surface area (Å²) in [6.07, 6.45) is 4.49. The molecule has 0 aliphatic carbocycles. The average Bonchev–Trinajstić information content (AvgIpc) is 3.06. The molecule has 4 heteroatoms. The van der Waals surface area contributed by atoms with Crippen molar-refractivity contribution in [3.8, 4) is 5.75 Å². The average molecular weight is 286 g/mol. The van der Waals surface area contributed by atoms with Gasteiger partial charge in [-0.05, 0) is 38.0 Å². The van der Waals surface area contributed by atoms with Crippen molar-refractivity contribution in [1.29, 1.82) is 0 Å². The zero-order valence-electron chi connectivity index (χ0n) is 12.4. The molecule has 0 amide bonds. The van der Waals surface area contributed by atoms with Crippen LogP contribution in [0.4, 0.5) is 0 Å². The van der Waals surface area contributed by atoms with Crippen molar-refractivity contribution in [2.75, 3.05) is 19.8 Å². The summed E-state index contributed by atoms with van der Waals surface area (Å²) in [7, 11) is 0. The molecule has 2 heterocycles. The minimum absolute atomic E-state index is 0.356. The first-order valence-electron chi connectivity index (χ1n) is 7.65. The molecule has 0 spiro atoms. The van der Waals surface area contributed by atoms with E-state index in [1.807, 2.05) is 24.3 Å². The van der Waals surface area contributed by atoms with Gasteiger partial charge in [0.15, 0.2) is 0 Å². The maximum Gasteiger partial charge on any atom is 0.121 e. The molecular formula is C17H22N2O2. The summed E-state index contributed by atoms with van der Waals surface area (Å²) in [5, 5.41) is 4.60. The predicted octanol–water partition coefficient (Wildman–Crippen LogP) is 2.77. The number of benzene rings is 1. The van der Waals surface area contributed by atoms with E-state index in [2.05, 4.69) is 23.3 Å². The Bertz CT molecular complexity index is 582. The van der Waals surface area contributed by atoms with Crippen LogP contribution >= 0.6 is 0 Å². The summed E-state index contributed by atoms with van der Waals surface area (Å²) in [5.74, 6) is 0.868. The highest BCUT2D eigenvalue weighted by Gasteiger charge is 2.21. The molecule has 1 fully saturated rings. The van der Waals surface area contributed by atoms with Gasteiger partial charge in [0.25, 0.3) is 0 Å². The van der Waals surface area contributed by atoms with Crippen molar-refractivity contribution in [3.05, 3.63) is 36.5 Å². The van der Waals surface area contributed by atoms with Gasteiger partial charge in [0, 0.05) is 36.8 Å². The lowest BCUT2D eigenvalue weighted by atomic mass is 10.1. The van der Waals surface area contributed by atoms with Crippen molar-refractivity contribution >= 4 is 10.9 Å². The minimum Gasteiger partial charge on any atom is -0.492 e. The lowest BCUT2D eigenvalue weighted by molar-refractivity contribution is 0.0824. The van der Waals surface area contributed by atoms with Crippen LogP contribution in [0.2, 0.25) is 0 Å². The second kappa shape index (κ2) is 6.87.